The predicted octanol–water partition coefficient (Wildman–Crippen LogP) is 3.16. The Morgan fingerprint density at radius 2 is 1.78 bits per heavy atom. The smallest absolute Gasteiger partial charge is 0.264 e. The third kappa shape index (κ3) is 4.94. The van der Waals surface area contributed by atoms with Gasteiger partial charge in [-0.25, -0.2) is 4.39 Å². The Balaban J connectivity index is 1.32. The highest BCUT2D eigenvalue weighted by Gasteiger charge is 2.25. The van der Waals surface area contributed by atoms with Crippen molar-refractivity contribution in [3.63, 3.8) is 0 Å². The number of hydrogen-bond donors (Lipinski definition) is 0. The Hall–Kier alpha value is -3.33. The second-order valence-electron chi connectivity index (χ2n) is 7.45. The molecular weight excluding hydrogens is 429 g/mol. The van der Waals surface area contributed by atoms with Gasteiger partial charge in [0, 0.05) is 38.3 Å². The highest BCUT2D eigenvalue weighted by Crippen LogP contribution is 2.20. The van der Waals surface area contributed by atoms with Gasteiger partial charge in [0.1, 0.15) is 12.4 Å². The van der Waals surface area contributed by atoms with Crippen molar-refractivity contribution in [2.75, 3.05) is 44.2 Å². The van der Waals surface area contributed by atoms with Gasteiger partial charge in [0.25, 0.3) is 5.91 Å². The van der Waals surface area contributed by atoms with E-state index < -0.39 is 0 Å². The van der Waals surface area contributed by atoms with Gasteiger partial charge in [-0.05, 0) is 54.8 Å². The lowest BCUT2D eigenvalue weighted by molar-refractivity contribution is -0.132. The van der Waals surface area contributed by atoms with Crippen molar-refractivity contribution in [2.24, 2.45) is 0 Å². The molecular formula is C23H24FN5O2S. The van der Waals surface area contributed by atoms with Crippen molar-refractivity contribution >= 4 is 29.0 Å². The summed E-state index contributed by atoms with van der Waals surface area (Å²) >= 11 is 1.38. The highest BCUT2D eigenvalue weighted by atomic mass is 32.1. The van der Waals surface area contributed by atoms with Crippen LogP contribution in [0.2, 0.25) is 0 Å². The standard InChI is InChI=1S/C23H24FN5O2S/c1-2-27(23(31)20-4-3-15-32-20)16-22(30)29-13-11-28(12-14-29)21-10-9-19(25-26-21)17-5-7-18(24)8-6-17/h3-10,15H,2,11-14,16H2,1H3. The molecule has 0 saturated carbocycles. The molecule has 0 atom stereocenters. The Bertz CT molecular complexity index is 1050. The molecule has 3 aromatic rings. The van der Waals surface area contributed by atoms with E-state index in [1.54, 1.807) is 28.0 Å². The number of thiophene rings is 1. The lowest BCUT2D eigenvalue weighted by Gasteiger charge is -2.36. The van der Waals surface area contributed by atoms with Gasteiger partial charge in [-0.3, -0.25) is 9.59 Å². The molecule has 4 rings (SSSR count). The van der Waals surface area contributed by atoms with E-state index >= 15 is 0 Å². The molecule has 2 amide bonds. The topological polar surface area (TPSA) is 69.6 Å². The molecule has 1 saturated heterocycles. The molecule has 3 heterocycles. The fourth-order valence-electron chi connectivity index (χ4n) is 3.60. The Kier molecular flexibility index (Phi) is 6.75. The van der Waals surface area contributed by atoms with E-state index in [0.717, 1.165) is 11.4 Å². The van der Waals surface area contributed by atoms with Gasteiger partial charge >= 0.3 is 0 Å². The first kappa shape index (κ1) is 21.9. The second kappa shape index (κ2) is 9.86. The number of anilines is 1. The number of likely N-dealkylation sites (N-methyl/N-ethyl adjacent to an activating group) is 1. The number of carbonyl (C=O) groups excluding carboxylic acids is 2. The molecule has 0 bridgehead atoms. The summed E-state index contributed by atoms with van der Waals surface area (Å²) < 4.78 is 13.1. The SMILES string of the molecule is CCN(CC(=O)N1CCN(c2ccc(-c3ccc(F)cc3)nn2)CC1)C(=O)c1cccs1. The van der Waals surface area contributed by atoms with Gasteiger partial charge in [0.15, 0.2) is 5.82 Å². The number of hydrogen-bond acceptors (Lipinski definition) is 6. The fraction of sp³-hybridized carbons (Fsp3) is 0.304. The molecule has 1 aliphatic heterocycles. The molecule has 0 radical (unpaired) electrons. The van der Waals surface area contributed by atoms with Crippen LogP contribution in [0.5, 0.6) is 0 Å². The minimum Gasteiger partial charge on any atom is -0.352 e. The number of rotatable bonds is 6. The van der Waals surface area contributed by atoms with Crippen LogP contribution in [0, 0.1) is 5.82 Å². The van der Waals surface area contributed by atoms with Crippen molar-refractivity contribution in [2.45, 2.75) is 6.92 Å². The van der Waals surface area contributed by atoms with Crippen LogP contribution in [0.15, 0.2) is 53.9 Å². The van der Waals surface area contributed by atoms with Gasteiger partial charge in [0.05, 0.1) is 10.6 Å². The van der Waals surface area contributed by atoms with E-state index in [1.807, 2.05) is 30.5 Å². The molecule has 0 unspecified atom stereocenters. The minimum absolute atomic E-state index is 0.0471. The van der Waals surface area contributed by atoms with E-state index in [1.165, 1.54) is 23.5 Å². The number of carbonyl (C=O) groups is 2. The molecule has 1 aromatic carbocycles. The summed E-state index contributed by atoms with van der Waals surface area (Å²) in [4.78, 5) is 31.4. The Labute approximate surface area is 190 Å². The monoisotopic (exact) mass is 453 g/mol. The van der Waals surface area contributed by atoms with Crippen LogP contribution in [0.25, 0.3) is 11.3 Å². The van der Waals surface area contributed by atoms with Crippen LogP contribution in [0.3, 0.4) is 0 Å². The van der Waals surface area contributed by atoms with Crippen molar-refractivity contribution < 1.29 is 14.0 Å². The fourth-order valence-corrected chi connectivity index (χ4v) is 4.29. The first-order valence-corrected chi connectivity index (χ1v) is 11.4. The van der Waals surface area contributed by atoms with E-state index in [9.17, 15) is 14.0 Å². The maximum Gasteiger partial charge on any atom is 0.264 e. The molecule has 1 aliphatic rings. The number of benzene rings is 1. The average Bonchev–Trinajstić information content (AvgIpc) is 3.38. The molecule has 166 valence electrons. The van der Waals surface area contributed by atoms with Gasteiger partial charge in [0.2, 0.25) is 5.91 Å². The van der Waals surface area contributed by atoms with E-state index in [0.29, 0.717) is 43.3 Å². The third-order valence-corrected chi connectivity index (χ3v) is 6.33. The highest BCUT2D eigenvalue weighted by molar-refractivity contribution is 7.12. The van der Waals surface area contributed by atoms with Crippen LogP contribution in [-0.4, -0.2) is 71.1 Å². The lowest BCUT2D eigenvalue weighted by atomic mass is 10.1. The van der Waals surface area contributed by atoms with Crippen molar-refractivity contribution in [1.29, 1.82) is 0 Å². The second-order valence-corrected chi connectivity index (χ2v) is 8.40. The maximum absolute atomic E-state index is 13.1. The molecule has 2 aromatic heterocycles. The van der Waals surface area contributed by atoms with E-state index in [4.69, 9.17) is 0 Å². The van der Waals surface area contributed by atoms with Crippen LogP contribution < -0.4 is 4.90 Å². The zero-order chi connectivity index (χ0) is 22.5. The molecule has 32 heavy (non-hydrogen) atoms. The summed E-state index contributed by atoms with van der Waals surface area (Å²) in [6, 6.07) is 13.5. The molecule has 0 spiro atoms. The lowest BCUT2D eigenvalue weighted by Crippen LogP contribution is -2.52. The summed E-state index contributed by atoms with van der Waals surface area (Å²) in [7, 11) is 0. The molecule has 7 nitrogen and oxygen atoms in total. The Morgan fingerprint density at radius 3 is 2.38 bits per heavy atom. The predicted molar refractivity (Wildman–Crippen MR) is 122 cm³/mol. The van der Waals surface area contributed by atoms with Crippen molar-refractivity contribution in [1.82, 2.24) is 20.0 Å². The number of nitrogens with zero attached hydrogens (tertiary/aromatic N) is 5. The van der Waals surface area contributed by atoms with Crippen LogP contribution in [0.1, 0.15) is 16.6 Å². The van der Waals surface area contributed by atoms with Gasteiger partial charge in [-0.2, -0.15) is 0 Å². The number of aromatic nitrogens is 2. The summed E-state index contributed by atoms with van der Waals surface area (Å²) in [5.74, 6) is 0.301. The zero-order valence-electron chi connectivity index (χ0n) is 17.8. The molecule has 9 heteroatoms. The van der Waals surface area contributed by atoms with Crippen LogP contribution in [-0.2, 0) is 4.79 Å². The molecule has 1 fully saturated rings. The van der Waals surface area contributed by atoms with Crippen molar-refractivity contribution in [3.8, 4) is 11.3 Å². The third-order valence-electron chi connectivity index (χ3n) is 5.47. The molecule has 0 N–H and O–H groups in total. The minimum atomic E-state index is -0.288. The summed E-state index contributed by atoms with van der Waals surface area (Å²) in [6.07, 6.45) is 0. The van der Waals surface area contributed by atoms with Gasteiger partial charge in [-0.1, -0.05) is 6.07 Å². The zero-order valence-corrected chi connectivity index (χ0v) is 18.6. The largest absolute Gasteiger partial charge is 0.352 e. The van der Waals surface area contributed by atoms with Crippen LogP contribution in [0.4, 0.5) is 10.2 Å². The number of amides is 2. The summed E-state index contributed by atoms with van der Waals surface area (Å²) in [5.41, 5.74) is 1.48. The Morgan fingerprint density at radius 1 is 1.03 bits per heavy atom. The maximum atomic E-state index is 13.1. The van der Waals surface area contributed by atoms with Crippen molar-refractivity contribution in [3.05, 3.63) is 64.6 Å². The van der Waals surface area contributed by atoms with Crippen LogP contribution >= 0.6 is 11.3 Å². The normalized spacial score (nSPS) is 13.8. The first-order valence-electron chi connectivity index (χ1n) is 10.5. The van der Waals surface area contributed by atoms with Gasteiger partial charge < -0.3 is 14.7 Å². The quantitative estimate of drug-likeness (QED) is 0.574. The summed E-state index contributed by atoms with van der Waals surface area (Å²) in [5, 5.41) is 10.4. The van der Waals surface area contributed by atoms with Gasteiger partial charge in [-0.15, -0.1) is 21.5 Å². The van der Waals surface area contributed by atoms with E-state index in [-0.39, 0.29) is 24.2 Å². The molecule has 0 aliphatic carbocycles. The van der Waals surface area contributed by atoms with E-state index in [2.05, 4.69) is 15.1 Å². The first-order chi connectivity index (χ1) is 15.5. The number of halogens is 1. The summed E-state index contributed by atoms with van der Waals surface area (Å²) in [6.45, 7) is 4.85. The number of piperazine rings is 1. The average molecular weight is 454 g/mol.